The predicted octanol–water partition coefficient (Wildman–Crippen LogP) is 2.21. The van der Waals surface area contributed by atoms with Crippen LogP contribution in [0.5, 0.6) is 5.75 Å². The minimum absolute atomic E-state index is 0.284. The molecule has 0 spiro atoms. The molecule has 0 aromatic heterocycles. The number of hydrogen-bond donors (Lipinski definition) is 2. The molecule has 1 aliphatic rings. The first-order valence-electron chi connectivity index (χ1n) is 9.28. The Balaban J connectivity index is 1.54. The van der Waals surface area contributed by atoms with Crippen LogP contribution in [0.2, 0.25) is 0 Å². The highest BCUT2D eigenvalue weighted by Crippen LogP contribution is 2.08. The Morgan fingerprint density at radius 2 is 2.08 bits per heavy atom. The van der Waals surface area contributed by atoms with Crippen molar-refractivity contribution in [3.05, 3.63) is 30.3 Å². The average Bonchev–Trinajstić information content (AvgIpc) is 3.15. The van der Waals surface area contributed by atoms with E-state index >= 15 is 0 Å². The lowest BCUT2D eigenvalue weighted by molar-refractivity contribution is 0.0420. The molecule has 140 valence electrons. The molecule has 6 nitrogen and oxygen atoms in total. The van der Waals surface area contributed by atoms with E-state index in [9.17, 15) is 0 Å². The molecule has 2 rings (SSSR count). The number of para-hydroxylation sites is 1. The van der Waals surface area contributed by atoms with E-state index in [1.165, 1.54) is 0 Å². The summed E-state index contributed by atoms with van der Waals surface area (Å²) in [6.45, 7) is 7.49. The van der Waals surface area contributed by atoms with Crippen molar-refractivity contribution in [2.45, 2.75) is 32.3 Å². The molecule has 1 fully saturated rings. The minimum atomic E-state index is 0.284. The van der Waals surface area contributed by atoms with E-state index in [0.29, 0.717) is 6.61 Å². The lowest BCUT2D eigenvalue weighted by atomic mass is 10.3. The molecule has 1 aromatic carbocycles. The summed E-state index contributed by atoms with van der Waals surface area (Å²) in [4.78, 5) is 4.57. The second kappa shape index (κ2) is 12.6. The van der Waals surface area contributed by atoms with Gasteiger partial charge in [-0.25, -0.2) is 0 Å². The van der Waals surface area contributed by atoms with Crippen LogP contribution >= 0.6 is 0 Å². The molecule has 1 aliphatic heterocycles. The molecule has 2 N–H and O–H groups in total. The maximum Gasteiger partial charge on any atom is 0.191 e. The van der Waals surface area contributed by atoms with Crippen molar-refractivity contribution in [2.75, 3.05) is 46.1 Å². The van der Waals surface area contributed by atoms with Gasteiger partial charge in [0.15, 0.2) is 5.96 Å². The van der Waals surface area contributed by atoms with Crippen LogP contribution in [0.25, 0.3) is 0 Å². The Hall–Kier alpha value is -1.79. The molecule has 25 heavy (non-hydrogen) atoms. The summed E-state index contributed by atoms with van der Waals surface area (Å²) in [5.41, 5.74) is 0. The summed E-state index contributed by atoms with van der Waals surface area (Å²) >= 11 is 0. The zero-order valence-electron chi connectivity index (χ0n) is 15.2. The molecule has 1 saturated heterocycles. The molecular formula is C19H31N3O3. The Bertz CT molecular complexity index is 476. The highest BCUT2D eigenvalue weighted by molar-refractivity contribution is 5.79. The van der Waals surface area contributed by atoms with Crippen molar-refractivity contribution in [3.63, 3.8) is 0 Å². The van der Waals surface area contributed by atoms with Gasteiger partial charge < -0.3 is 24.8 Å². The summed E-state index contributed by atoms with van der Waals surface area (Å²) < 4.78 is 16.7. The van der Waals surface area contributed by atoms with E-state index in [4.69, 9.17) is 14.2 Å². The first-order chi connectivity index (χ1) is 12.4. The zero-order chi connectivity index (χ0) is 17.6. The molecule has 1 aromatic rings. The Morgan fingerprint density at radius 3 is 2.84 bits per heavy atom. The van der Waals surface area contributed by atoms with Gasteiger partial charge in [-0.15, -0.1) is 0 Å². The molecule has 1 heterocycles. The quantitative estimate of drug-likeness (QED) is 0.364. The van der Waals surface area contributed by atoms with Crippen molar-refractivity contribution in [1.82, 2.24) is 10.6 Å². The number of benzene rings is 1. The number of hydrogen-bond acceptors (Lipinski definition) is 4. The zero-order valence-corrected chi connectivity index (χ0v) is 15.2. The van der Waals surface area contributed by atoms with Crippen LogP contribution in [0.3, 0.4) is 0 Å². The molecule has 1 unspecified atom stereocenters. The normalized spacial score (nSPS) is 17.5. The number of ether oxygens (including phenoxy) is 3. The van der Waals surface area contributed by atoms with Gasteiger partial charge in [0.25, 0.3) is 0 Å². The molecule has 0 saturated carbocycles. The second-order valence-corrected chi connectivity index (χ2v) is 5.91. The van der Waals surface area contributed by atoms with Gasteiger partial charge in [0, 0.05) is 39.3 Å². The summed E-state index contributed by atoms with van der Waals surface area (Å²) in [5, 5.41) is 6.60. The van der Waals surface area contributed by atoms with Crippen molar-refractivity contribution in [2.24, 2.45) is 4.99 Å². The average molecular weight is 349 g/mol. The van der Waals surface area contributed by atoms with E-state index in [-0.39, 0.29) is 6.10 Å². The minimum Gasteiger partial charge on any atom is -0.494 e. The Morgan fingerprint density at radius 1 is 1.20 bits per heavy atom. The van der Waals surface area contributed by atoms with Crippen molar-refractivity contribution < 1.29 is 14.2 Å². The Kier molecular flexibility index (Phi) is 9.81. The van der Waals surface area contributed by atoms with Crippen LogP contribution in [0.15, 0.2) is 35.3 Å². The van der Waals surface area contributed by atoms with Crippen LogP contribution in [0.1, 0.15) is 26.2 Å². The van der Waals surface area contributed by atoms with E-state index in [0.717, 1.165) is 70.4 Å². The standard InChI is InChI=1S/C19H31N3O3/c1-2-20-19(22-12-7-14-25-18-10-15-23-16-18)21-11-6-13-24-17-8-4-3-5-9-17/h3-5,8-9,18H,2,6-7,10-16H2,1H3,(H2,20,21,22). The molecule has 0 bridgehead atoms. The van der Waals surface area contributed by atoms with Gasteiger partial charge in [-0.05, 0) is 31.9 Å². The van der Waals surface area contributed by atoms with Crippen LogP contribution in [0.4, 0.5) is 0 Å². The lowest BCUT2D eigenvalue weighted by Crippen LogP contribution is -2.38. The fraction of sp³-hybridized carbons (Fsp3) is 0.632. The van der Waals surface area contributed by atoms with Crippen LogP contribution in [0, 0.1) is 0 Å². The first-order valence-corrected chi connectivity index (χ1v) is 9.28. The van der Waals surface area contributed by atoms with Crippen molar-refractivity contribution in [3.8, 4) is 5.75 Å². The first kappa shape index (κ1) is 19.5. The number of guanidine groups is 1. The third-order valence-corrected chi connectivity index (χ3v) is 3.78. The van der Waals surface area contributed by atoms with Crippen LogP contribution in [-0.4, -0.2) is 58.1 Å². The molecule has 0 aliphatic carbocycles. The van der Waals surface area contributed by atoms with Crippen molar-refractivity contribution >= 4 is 5.96 Å². The topological polar surface area (TPSA) is 64.1 Å². The molecular weight excluding hydrogens is 318 g/mol. The fourth-order valence-electron chi connectivity index (χ4n) is 2.48. The van der Waals surface area contributed by atoms with Crippen LogP contribution < -0.4 is 15.4 Å². The fourth-order valence-corrected chi connectivity index (χ4v) is 2.48. The third kappa shape index (κ3) is 8.74. The van der Waals surface area contributed by atoms with E-state index in [2.05, 4.69) is 22.5 Å². The predicted molar refractivity (Wildman–Crippen MR) is 100 cm³/mol. The number of nitrogens with one attached hydrogen (secondary N) is 2. The molecule has 1 atom stereocenters. The number of rotatable bonds is 11. The highest BCUT2D eigenvalue weighted by atomic mass is 16.5. The van der Waals surface area contributed by atoms with Gasteiger partial charge in [0.2, 0.25) is 0 Å². The van der Waals surface area contributed by atoms with Gasteiger partial charge in [-0.3, -0.25) is 4.99 Å². The second-order valence-electron chi connectivity index (χ2n) is 5.91. The van der Waals surface area contributed by atoms with Gasteiger partial charge in [-0.2, -0.15) is 0 Å². The van der Waals surface area contributed by atoms with E-state index < -0.39 is 0 Å². The largest absolute Gasteiger partial charge is 0.494 e. The Labute approximate surface area is 151 Å². The van der Waals surface area contributed by atoms with Crippen LogP contribution in [-0.2, 0) is 9.47 Å². The third-order valence-electron chi connectivity index (χ3n) is 3.78. The summed E-state index contributed by atoms with van der Waals surface area (Å²) in [6, 6.07) is 9.87. The van der Waals surface area contributed by atoms with Crippen molar-refractivity contribution in [1.29, 1.82) is 0 Å². The summed E-state index contributed by atoms with van der Waals surface area (Å²) in [6.07, 6.45) is 3.14. The maximum absolute atomic E-state index is 5.76. The molecule has 6 heteroatoms. The summed E-state index contributed by atoms with van der Waals surface area (Å²) in [7, 11) is 0. The van der Waals surface area contributed by atoms with E-state index in [1.54, 1.807) is 0 Å². The molecule has 0 radical (unpaired) electrons. The summed E-state index contributed by atoms with van der Waals surface area (Å²) in [5.74, 6) is 1.76. The number of aliphatic imine (C=N–C) groups is 1. The lowest BCUT2D eigenvalue weighted by Gasteiger charge is -2.13. The van der Waals surface area contributed by atoms with Gasteiger partial charge in [-0.1, -0.05) is 18.2 Å². The molecule has 0 amide bonds. The van der Waals surface area contributed by atoms with Gasteiger partial charge >= 0.3 is 0 Å². The smallest absolute Gasteiger partial charge is 0.191 e. The SMILES string of the molecule is CCNC(=NCCCOc1ccccc1)NCCCOC1CCOC1. The van der Waals surface area contributed by atoms with Gasteiger partial charge in [0.05, 0.1) is 19.3 Å². The van der Waals surface area contributed by atoms with Gasteiger partial charge in [0.1, 0.15) is 5.75 Å². The maximum atomic E-state index is 5.76. The highest BCUT2D eigenvalue weighted by Gasteiger charge is 2.15. The monoisotopic (exact) mass is 349 g/mol. The number of nitrogens with zero attached hydrogens (tertiary/aromatic N) is 1. The van der Waals surface area contributed by atoms with E-state index in [1.807, 2.05) is 30.3 Å².